The normalized spacial score (nSPS) is 11.3. The molecule has 54 heavy (non-hydrogen) atoms. The van der Waals surface area contributed by atoms with Gasteiger partial charge in [0.15, 0.2) is 0 Å². The molecule has 0 N–H and O–H groups in total. The maximum absolute atomic E-state index is 2.43. The summed E-state index contributed by atoms with van der Waals surface area (Å²) in [5.74, 6) is 0. The van der Waals surface area contributed by atoms with Gasteiger partial charge in [0.2, 0.25) is 0 Å². The van der Waals surface area contributed by atoms with Gasteiger partial charge in [-0.25, -0.2) is 0 Å². The second kappa shape index (κ2) is 13.4. The first kappa shape index (κ1) is 31.6. The van der Waals surface area contributed by atoms with Gasteiger partial charge in [-0.1, -0.05) is 170 Å². The summed E-state index contributed by atoms with van der Waals surface area (Å²) in [7, 11) is 0. The van der Waals surface area contributed by atoms with E-state index in [0.717, 1.165) is 28.3 Å². The average molecular weight is 689 g/mol. The van der Waals surface area contributed by atoms with E-state index in [9.17, 15) is 0 Å². The number of benzene rings is 9. The lowest BCUT2D eigenvalue weighted by atomic mass is 9.94. The molecule has 0 aliphatic rings. The first-order valence-corrected chi connectivity index (χ1v) is 18.5. The Morgan fingerprint density at radius 3 is 1.67 bits per heavy atom. The van der Waals surface area contributed by atoms with Gasteiger partial charge in [-0.15, -0.1) is 0 Å². The van der Waals surface area contributed by atoms with Gasteiger partial charge in [-0.05, 0) is 87.1 Å². The summed E-state index contributed by atoms with van der Waals surface area (Å²) >= 11 is 0. The van der Waals surface area contributed by atoms with Crippen molar-refractivity contribution in [3.8, 4) is 39.1 Å². The van der Waals surface area contributed by atoms with Crippen LogP contribution in [0.2, 0.25) is 0 Å². The molecule has 0 amide bonds. The van der Waals surface area contributed by atoms with E-state index >= 15 is 0 Å². The van der Waals surface area contributed by atoms with Crippen molar-refractivity contribution in [3.05, 3.63) is 218 Å². The van der Waals surface area contributed by atoms with E-state index in [4.69, 9.17) is 0 Å². The van der Waals surface area contributed by atoms with E-state index < -0.39 is 0 Å². The summed E-state index contributed by atoms with van der Waals surface area (Å²) in [5, 5.41) is 4.89. The summed E-state index contributed by atoms with van der Waals surface area (Å²) in [5.41, 5.74) is 14.0. The van der Waals surface area contributed by atoms with Gasteiger partial charge < -0.3 is 9.47 Å². The molecule has 0 spiro atoms. The minimum Gasteiger partial charge on any atom is -0.310 e. The number of aromatic nitrogens is 1. The van der Waals surface area contributed by atoms with Gasteiger partial charge in [-0.3, -0.25) is 0 Å². The van der Waals surface area contributed by atoms with Crippen LogP contribution in [0.3, 0.4) is 0 Å². The molecular formula is C52H36N2. The fourth-order valence-electron chi connectivity index (χ4n) is 8.07. The molecule has 10 rings (SSSR count). The third kappa shape index (κ3) is 5.53. The molecule has 254 valence electrons. The van der Waals surface area contributed by atoms with E-state index in [1.165, 1.54) is 60.4 Å². The Kier molecular flexibility index (Phi) is 7.85. The van der Waals surface area contributed by atoms with Gasteiger partial charge in [0, 0.05) is 33.4 Å². The number of anilines is 3. The molecule has 0 saturated heterocycles. The molecule has 2 nitrogen and oxygen atoms in total. The second-order valence-electron chi connectivity index (χ2n) is 13.8. The van der Waals surface area contributed by atoms with Gasteiger partial charge in [0.25, 0.3) is 0 Å². The van der Waals surface area contributed by atoms with Crippen LogP contribution in [-0.4, -0.2) is 4.57 Å². The van der Waals surface area contributed by atoms with Crippen LogP contribution in [0.5, 0.6) is 0 Å². The molecule has 0 saturated carbocycles. The maximum atomic E-state index is 2.43. The van der Waals surface area contributed by atoms with Crippen molar-refractivity contribution < 1.29 is 0 Å². The fourth-order valence-corrected chi connectivity index (χ4v) is 8.07. The van der Waals surface area contributed by atoms with Crippen LogP contribution in [-0.2, 0) is 0 Å². The SMILES string of the molecule is c1ccc(-c2ccccc2-c2cccc(-n3c4ccccc4c4ccc(N(c5ccc6ccccc6c5)c5ccccc5-c5ccccc5)cc43)c2)cc1. The van der Waals surface area contributed by atoms with E-state index in [-0.39, 0.29) is 0 Å². The number of fused-ring (bicyclic) bond motifs is 4. The van der Waals surface area contributed by atoms with Crippen LogP contribution in [0.4, 0.5) is 17.1 Å². The van der Waals surface area contributed by atoms with Crippen molar-refractivity contribution in [2.24, 2.45) is 0 Å². The van der Waals surface area contributed by atoms with Crippen molar-refractivity contribution in [2.75, 3.05) is 4.90 Å². The number of para-hydroxylation sites is 2. The number of rotatable bonds is 7. The zero-order chi connectivity index (χ0) is 35.8. The second-order valence-corrected chi connectivity index (χ2v) is 13.8. The van der Waals surface area contributed by atoms with Crippen molar-refractivity contribution in [1.82, 2.24) is 4.57 Å². The molecule has 2 heteroatoms. The van der Waals surface area contributed by atoms with Crippen LogP contribution < -0.4 is 4.90 Å². The molecule has 9 aromatic carbocycles. The standard InChI is InChI=1S/C52H36N2/c1-3-17-38(18-4-1)45-24-9-10-25-46(45)41-22-15-23-42(35-41)54-51-29-14-12-27-48(51)49-33-32-44(36-52(49)54)53(43-31-30-37-16-7-8-21-40(37)34-43)50-28-13-11-26-47(50)39-19-5-2-6-20-39/h1-36H. The minimum atomic E-state index is 1.09. The predicted molar refractivity (Wildman–Crippen MR) is 229 cm³/mol. The first-order valence-electron chi connectivity index (χ1n) is 18.5. The quantitative estimate of drug-likeness (QED) is 0.162. The van der Waals surface area contributed by atoms with Crippen molar-refractivity contribution in [1.29, 1.82) is 0 Å². The van der Waals surface area contributed by atoms with Crippen LogP contribution in [0, 0.1) is 0 Å². The Morgan fingerprint density at radius 1 is 0.315 bits per heavy atom. The van der Waals surface area contributed by atoms with Gasteiger partial charge in [0.05, 0.1) is 16.7 Å². The fraction of sp³-hybridized carbons (Fsp3) is 0. The Morgan fingerprint density at radius 2 is 0.870 bits per heavy atom. The maximum Gasteiger partial charge on any atom is 0.0561 e. The van der Waals surface area contributed by atoms with Gasteiger partial charge in [0.1, 0.15) is 0 Å². The Hall–Kier alpha value is -7.16. The topological polar surface area (TPSA) is 8.17 Å². The highest BCUT2D eigenvalue weighted by molar-refractivity contribution is 6.10. The zero-order valence-corrected chi connectivity index (χ0v) is 29.7. The Labute approximate surface area is 315 Å². The van der Waals surface area contributed by atoms with E-state index in [0.29, 0.717) is 0 Å². The molecule has 0 aliphatic carbocycles. The van der Waals surface area contributed by atoms with Gasteiger partial charge >= 0.3 is 0 Å². The van der Waals surface area contributed by atoms with Gasteiger partial charge in [-0.2, -0.15) is 0 Å². The molecule has 0 atom stereocenters. The predicted octanol–water partition coefficient (Wildman–Crippen LogP) is 14.4. The number of nitrogens with zero attached hydrogens (tertiary/aromatic N) is 2. The van der Waals surface area contributed by atoms with E-state index in [1.807, 2.05) is 0 Å². The summed E-state index contributed by atoms with van der Waals surface area (Å²) in [4.78, 5) is 2.42. The Bertz CT molecular complexity index is 2940. The molecule has 0 radical (unpaired) electrons. The largest absolute Gasteiger partial charge is 0.310 e. The summed E-state index contributed by atoms with van der Waals surface area (Å²) in [6.07, 6.45) is 0. The summed E-state index contributed by atoms with van der Waals surface area (Å²) in [6.45, 7) is 0. The Balaban J connectivity index is 1.20. The first-order chi connectivity index (χ1) is 26.8. The molecule has 1 heterocycles. The molecule has 0 aliphatic heterocycles. The minimum absolute atomic E-state index is 1.09. The summed E-state index contributed by atoms with van der Waals surface area (Å²) < 4.78 is 2.43. The lowest BCUT2D eigenvalue weighted by Gasteiger charge is -2.28. The lowest BCUT2D eigenvalue weighted by molar-refractivity contribution is 1.18. The van der Waals surface area contributed by atoms with E-state index in [2.05, 4.69) is 228 Å². The average Bonchev–Trinajstić information content (AvgIpc) is 3.58. The van der Waals surface area contributed by atoms with Crippen molar-refractivity contribution in [2.45, 2.75) is 0 Å². The summed E-state index contributed by atoms with van der Waals surface area (Å²) in [6, 6.07) is 78.9. The van der Waals surface area contributed by atoms with Crippen molar-refractivity contribution >= 4 is 49.6 Å². The third-order valence-electron chi connectivity index (χ3n) is 10.6. The smallest absolute Gasteiger partial charge is 0.0561 e. The van der Waals surface area contributed by atoms with Crippen molar-refractivity contribution in [3.63, 3.8) is 0 Å². The molecule has 0 unspecified atom stereocenters. The van der Waals surface area contributed by atoms with Crippen LogP contribution >= 0.6 is 0 Å². The molecule has 0 fully saturated rings. The highest BCUT2D eigenvalue weighted by Crippen LogP contribution is 2.44. The third-order valence-corrected chi connectivity index (χ3v) is 10.6. The highest BCUT2D eigenvalue weighted by Gasteiger charge is 2.20. The lowest BCUT2D eigenvalue weighted by Crippen LogP contribution is -2.11. The highest BCUT2D eigenvalue weighted by atomic mass is 15.1. The molecular weight excluding hydrogens is 653 g/mol. The number of hydrogen-bond acceptors (Lipinski definition) is 1. The number of hydrogen-bond donors (Lipinski definition) is 0. The molecule has 1 aromatic heterocycles. The molecule has 10 aromatic rings. The van der Waals surface area contributed by atoms with Crippen LogP contribution in [0.1, 0.15) is 0 Å². The zero-order valence-electron chi connectivity index (χ0n) is 29.7. The van der Waals surface area contributed by atoms with E-state index in [1.54, 1.807) is 0 Å². The van der Waals surface area contributed by atoms with Crippen LogP contribution in [0.15, 0.2) is 218 Å². The monoisotopic (exact) mass is 688 g/mol. The molecule has 0 bridgehead atoms. The van der Waals surface area contributed by atoms with Crippen LogP contribution in [0.25, 0.3) is 71.6 Å².